The number of hydrogen-bond donors (Lipinski definition) is 0. The first-order valence-electron chi connectivity index (χ1n) is 10.8. The van der Waals surface area contributed by atoms with Gasteiger partial charge in [-0.15, -0.1) is 0 Å². The number of pyridine rings is 1. The summed E-state index contributed by atoms with van der Waals surface area (Å²) in [6.45, 7) is 4.59. The van der Waals surface area contributed by atoms with Gasteiger partial charge in [0.25, 0.3) is 0 Å². The lowest BCUT2D eigenvalue weighted by Crippen LogP contribution is -2.38. The van der Waals surface area contributed by atoms with E-state index in [9.17, 15) is 0 Å². The molecule has 24 heavy (non-hydrogen) atoms. The third-order valence-corrected chi connectivity index (χ3v) is 5.19. The van der Waals surface area contributed by atoms with Gasteiger partial charge in [-0.05, 0) is 12.8 Å². The molecule has 0 spiro atoms. The third-order valence-electron chi connectivity index (χ3n) is 5.19. The second kappa shape index (κ2) is 15.7. The second-order valence-electron chi connectivity index (χ2n) is 7.44. The van der Waals surface area contributed by atoms with E-state index in [0.717, 1.165) is 0 Å². The average molecular weight is 333 g/mol. The lowest BCUT2D eigenvalue weighted by Gasteiger charge is -2.12. The Kier molecular flexibility index (Phi) is 13.8. The summed E-state index contributed by atoms with van der Waals surface area (Å²) in [6, 6.07) is 7.18. The zero-order valence-corrected chi connectivity index (χ0v) is 16.5. The van der Waals surface area contributed by atoms with Crippen molar-refractivity contribution in [1.29, 1.82) is 0 Å². The van der Waals surface area contributed by atoms with Crippen LogP contribution in [0.2, 0.25) is 0 Å². The summed E-state index contributed by atoms with van der Waals surface area (Å²) in [5.74, 6) is 0. The highest BCUT2D eigenvalue weighted by atomic mass is 15.0. The van der Waals surface area contributed by atoms with Gasteiger partial charge in [-0.2, -0.15) is 0 Å². The predicted octanol–water partition coefficient (Wildman–Crippen LogP) is 7.41. The Morgan fingerprint density at radius 3 is 1.50 bits per heavy atom. The quantitative estimate of drug-likeness (QED) is 0.219. The summed E-state index contributed by atoms with van der Waals surface area (Å²) in [7, 11) is 0. The van der Waals surface area contributed by atoms with Crippen LogP contribution >= 0.6 is 0 Å². The van der Waals surface area contributed by atoms with Crippen LogP contribution in [-0.2, 0) is 0 Å². The molecule has 1 nitrogen and oxygen atoms in total. The summed E-state index contributed by atoms with van der Waals surface area (Å²) < 4.78 is 2.45. The van der Waals surface area contributed by atoms with Crippen LogP contribution in [0.1, 0.15) is 116 Å². The van der Waals surface area contributed by atoms with Gasteiger partial charge in [0, 0.05) is 25.0 Å². The Labute approximate surface area is 151 Å². The SMILES string of the molecule is CCCCCCCCCCCCC(CCCCC)[n+]1ccccc1. The molecule has 1 atom stereocenters. The molecule has 0 N–H and O–H groups in total. The Morgan fingerprint density at radius 2 is 0.958 bits per heavy atom. The Morgan fingerprint density at radius 1 is 0.542 bits per heavy atom. The van der Waals surface area contributed by atoms with E-state index < -0.39 is 0 Å². The maximum Gasteiger partial charge on any atom is 0.169 e. The molecule has 0 aliphatic rings. The van der Waals surface area contributed by atoms with Crippen molar-refractivity contribution < 1.29 is 4.57 Å². The highest BCUT2D eigenvalue weighted by Crippen LogP contribution is 2.18. The van der Waals surface area contributed by atoms with E-state index in [1.807, 2.05) is 0 Å². The van der Waals surface area contributed by atoms with E-state index in [1.165, 1.54) is 96.3 Å². The first-order chi connectivity index (χ1) is 11.9. The molecule has 0 amide bonds. The lowest BCUT2D eigenvalue weighted by molar-refractivity contribution is -0.724. The van der Waals surface area contributed by atoms with Crippen LogP contribution in [0.15, 0.2) is 30.6 Å². The van der Waals surface area contributed by atoms with Crippen molar-refractivity contribution in [3.05, 3.63) is 30.6 Å². The molecule has 0 aliphatic carbocycles. The molecule has 0 saturated heterocycles. The van der Waals surface area contributed by atoms with Gasteiger partial charge >= 0.3 is 0 Å². The smallest absolute Gasteiger partial charge is 0.169 e. The molecule has 1 heteroatoms. The number of rotatable bonds is 16. The zero-order valence-electron chi connectivity index (χ0n) is 16.5. The van der Waals surface area contributed by atoms with Crippen molar-refractivity contribution in [2.24, 2.45) is 0 Å². The highest BCUT2D eigenvalue weighted by molar-refractivity contribution is 4.84. The summed E-state index contributed by atoms with van der Waals surface area (Å²) in [5.41, 5.74) is 0. The standard InChI is InChI=1S/C23H42N/c1-3-5-7-8-9-10-11-12-13-16-20-23(19-15-6-4-2)24-21-17-14-18-22-24/h14,17-18,21-23H,3-13,15-16,19-20H2,1-2H3/q+1. The molecule has 1 heterocycles. The van der Waals surface area contributed by atoms with E-state index in [2.05, 4.69) is 49.0 Å². The molecular formula is C23H42N+. The van der Waals surface area contributed by atoms with Crippen molar-refractivity contribution in [1.82, 2.24) is 0 Å². The van der Waals surface area contributed by atoms with Crippen LogP contribution < -0.4 is 4.57 Å². The predicted molar refractivity (Wildman–Crippen MR) is 106 cm³/mol. The molecule has 0 aliphatic heterocycles. The first-order valence-corrected chi connectivity index (χ1v) is 10.8. The van der Waals surface area contributed by atoms with Gasteiger partial charge in [0.05, 0.1) is 0 Å². The fourth-order valence-electron chi connectivity index (χ4n) is 3.60. The first kappa shape index (κ1) is 21.2. The van der Waals surface area contributed by atoms with Gasteiger partial charge in [0.1, 0.15) is 0 Å². The molecule has 0 bridgehead atoms. The maximum atomic E-state index is 2.45. The van der Waals surface area contributed by atoms with Crippen LogP contribution in [0.25, 0.3) is 0 Å². The van der Waals surface area contributed by atoms with Crippen molar-refractivity contribution >= 4 is 0 Å². The molecule has 1 rings (SSSR count). The highest BCUT2D eigenvalue weighted by Gasteiger charge is 2.16. The normalized spacial score (nSPS) is 12.4. The van der Waals surface area contributed by atoms with Gasteiger partial charge in [0.15, 0.2) is 18.4 Å². The fourth-order valence-corrected chi connectivity index (χ4v) is 3.60. The third kappa shape index (κ3) is 10.8. The summed E-state index contributed by atoms with van der Waals surface area (Å²) in [5, 5.41) is 0. The van der Waals surface area contributed by atoms with Gasteiger partial charge in [-0.25, -0.2) is 4.57 Å². The second-order valence-corrected chi connectivity index (χ2v) is 7.44. The van der Waals surface area contributed by atoms with E-state index in [4.69, 9.17) is 0 Å². The van der Waals surface area contributed by atoms with E-state index >= 15 is 0 Å². The van der Waals surface area contributed by atoms with Gasteiger partial charge < -0.3 is 0 Å². The Balaban J connectivity index is 2.11. The van der Waals surface area contributed by atoms with Gasteiger partial charge in [-0.1, -0.05) is 90.5 Å². The summed E-state index contributed by atoms with van der Waals surface area (Å²) in [4.78, 5) is 0. The van der Waals surface area contributed by atoms with Crippen LogP contribution in [0.5, 0.6) is 0 Å². The molecule has 0 saturated carbocycles. The topological polar surface area (TPSA) is 3.88 Å². The maximum absolute atomic E-state index is 2.45. The molecule has 1 aromatic heterocycles. The molecule has 0 aromatic carbocycles. The van der Waals surface area contributed by atoms with Crippen LogP contribution in [0, 0.1) is 0 Å². The van der Waals surface area contributed by atoms with Crippen LogP contribution in [0.3, 0.4) is 0 Å². The minimum atomic E-state index is 0.715. The molecule has 1 aromatic rings. The number of nitrogens with zero attached hydrogens (tertiary/aromatic N) is 1. The monoisotopic (exact) mass is 332 g/mol. The van der Waals surface area contributed by atoms with Crippen molar-refractivity contribution in [3.63, 3.8) is 0 Å². The van der Waals surface area contributed by atoms with Crippen LogP contribution in [0.4, 0.5) is 0 Å². The van der Waals surface area contributed by atoms with Crippen molar-refractivity contribution in [2.75, 3.05) is 0 Å². The molecule has 0 fully saturated rings. The van der Waals surface area contributed by atoms with E-state index in [1.54, 1.807) is 0 Å². The fraction of sp³-hybridized carbons (Fsp3) is 0.783. The van der Waals surface area contributed by atoms with Gasteiger partial charge in [-0.3, -0.25) is 0 Å². The van der Waals surface area contributed by atoms with E-state index in [-0.39, 0.29) is 0 Å². The van der Waals surface area contributed by atoms with Crippen molar-refractivity contribution in [3.8, 4) is 0 Å². The molecule has 1 unspecified atom stereocenters. The van der Waals surface area contributed by atoms with E-state index in [0.29, 0.717) is 6.04 Å². The molecule has 138 valence electrons. The molecular weight excluding hydrogens is 290 g/mol. The summed E-state index contributed by atoms with van der Waals surface area (Å²) >= 11 is 0. The summed E-state index contributed by atoms with van der Waals surface area (Å²) in [6.07, 6.45) is 25.6. The van der Waals surface area contributed by atoms with Crippen LogP contribution in [-0.4, -0.2) is 0 Å². The zero-order chi connectivity index (χ0) is 17.3. The number of unbranched alkanes of at least 4 members (excludes halogenated alkanes) is 11. The minimum Gasteiger partial charge on any atom is -0.202 e. The average Bonchev–Trinajstić information content (AvgIpc) is 2.62. The van der Waals surface area contributed by atoms with Gasteiger partial charge in [0.2, 0.25) is 0 Å². The Bertz CT molecular complexity index is 360. The molecule has 0 radical (unpaired) electrons. The number of aromatic nitrogens is 1. The largest absolute Gasteiger partial charge is 0.202 e. The minimum absolute atomic E-state index is 0.715. The lowest BCUT2D eigenvalue weighted by atomic mass is 10.00. The number of hydrogen-bond acceptors (Lipinski definition) is 0. The van der Waals surface area contributed by atoms with Crippen molar-refractivity contribution in [2.45, 2.75) is 116 Å². The Hall–Kier alpha value is -0.850.